The normalized spacial score (nSPS) is 19.6. The molecular weight excluding hydrogens is 358 g/mol. The van der Waals surface area contributed by atoms with Crippen molar-refractivity contribution in [2.24, 2.45) is 10.4 Å². The van der Waals surface area contributed by atoms with Gasteiger partial charge in [-0.2, -0.15) is 0 Å². The van der Waals surface area contributed by atoms with Crippen LogP contribution in [-0.4, -0.2) is 64.3 Å². The number of ether oxygens (including phenoxy) is 3. The number of rotatable bonds is 12. The molecule has 0 spiro atoms. The summed E-state index contributed by atoms with van der Waals surface area (Å²) in [5.74, 6) is 1.63. The van der Waals surface area contributed by atoms with E-state index in [-0.39, 0.29) is 12.0 Å². The van der Waals surface area contributed by atoms with Crippen LogP contribution in [0.25, 0.3) is 0 Å². The number of nitrogens with one attached hydrogen (secondary N) is 2. The molecule has 0 aliphatic carbocycles. The molecule has 2 rings (SSSR count). The maximum atomic E-state index is 9.38. The lowest BCUT2D eigenvalue weighted by Crippen LogP contribution is -2.44. The van der Waals surface area contributed by atoms with Gasteiger partial charge >= 0.3 is 0 Å². The van der Waals surface area contributed by atoms with Gasteiger partial charge < -0.3 is 30.0 Å². The zero-order valence-corrected chi connectivity index (χ0v) is 17.2. The van der Waals surface area contributed by atoms with Crippen molar-refractivity contribution in [3.8, 4) is 5.75 Å². The molecule has 28 heavy (non-hydrogen) atoms. The SMILES string of the molecule is CCNC(=NCc1cccc(OCCCOC)c1)NCC1(CCO)CCOC1. The first-order chi connectivity index (χ1) is 13.7. The second kappa shape index (κ2) is 12.6. The topological polar surface area (TPSA) is 84.3 Å². The summed E-state index contributed by atoms with van der Waals surface area (Å²) >= 11 is 0. The largest absolute Gasteiger partial charge is 0.493 e. The van der Waals surface area contributed by atoms with E-state index in [0.717, 1.165) is 56.2 Å². The molecule has 0 radical (unpaired) electrons. The van der Waals surface area contributed by atoms with Crippen molar-refractivity contribution < 1.29 is 19.3 Å². The molecule has 3 N–H and O–H groups in total. The lowest BCUT2D eigenvalue weighted by molar-refractivity contribution is 0.127. The Morgan fingerprint density at radius 1 is 1.32 bits per heavy atom. The van der Waals surface area contributed by atoms with Gasteiger partial charge in [-0.25, -0.2) is 4.99 Å². The molecule has 7 nitrogen and oxygen atoms in total. The molecule has 0 aromatic heterocycles. The Morgan fingerprint density at radius 2 is 2.21 bits per heavy atom. The van der Waals surface area contributed by atoms with Crippen molar-refractivity contribution >= 4 is 5.96 Å². The highest BCUT2D eigenvalue weighted by molar-refractivity contribution is 5.79. The van der Waals surface area contributed by atoms with Gasteiger partial charge in [0.1, 0.15) is 5.75 Å². The van der Waals surface area contributed by atoms with Gasteiger partial charge in [0.25, 0.3) is 0 Å². The van der Waals surface area contributed by atoms with Crippen LogP contribution in [0.3, 0.4) is 0 Å². The Kier molecular flexibility index (Phi) is 10.1. The molecule has 1 unspecified atom stereocenters. The molecule has 158 valence electrons. The smallest absolute Gasteiger partial charge is 0.191 e. The third-order valence-electron chi connectivity index (χ3n) is 4.88. The monoisotopic (exact) mass is 393 g/mol. The molecule has 0 amide bonds. The van der Waals surface area contributed by atoms with Gasteiger partial charge in [-0.05, 0) is 37.5 Å². The summed E-state index contributed by atoms with van der Waals surface area (Å²) in [6.07, 6.45) is 2.57. The van der Waals surface area contributed by atoms with Crippen LogP contribution < -0.4 is 15.4 Å². The molecule has 1 saturated heterocycles. The van der Waals surface area contributed by atoms with E-state index in [9.17, 15) is 5.11 Å². The third-order valence-corrected chi connectivity index (χ3v) is 4.88. The number of hydrogen-bond donors (Lipinski definition) is 3. The van der Waals surface area contributed by atoms with Gasteiger partial charge in [0.15, 0.2) is 5.96 Å². The van der Waals surface area contributed by atoms with Crippen LogP contribution in [0.2, 0.25) is 0 Å². The second-order valence-corrected chi connectivity index (χ2v) is 7.17. The Morgan fingerprint density at radius 3 is 2.93 bits per heavy atom. The number of hydrogen-bond acceptors (Lipinski definition) is 5. The van der Waals surface area contributed by atoms with Gasteiger partial charge in [-0.3, -0.25) is 0 Å². The van der Waals surface area contributed by atoms with Crippen molar-refractivity contribution in [1.29, 1.82) is 0 Å². The van der Waals surface area contributed by atoms with Gasteiger partial charge in [0.2, 0.25) is 0 Å². The number of methoxy groups -OCH3 is 1. The van der Waals surface area contributed by atoms with E-state index in [1.807, 2.05) is 31.2 Å². The molecular formula is C21H35N3O4. The summed E-state index contributed by atoms with van der Waals surface area (Å²) in [4.78, 5) is 4.70. The first kappa shape index (κ1) is 22.5. The average molecular weight is 394 g/mol. The van der Waals surface area contributed by atoms with Gasteiger partial charge in [0.05, 0.1) is 19.8 Å². The minimum atomic E-state index is -0.0130. The van der Waals surface area contributed by atoms with Crippen LogP contribution in [0.5, 0.6) is 5.75 Å². The predicted octanol–water partition coefficient (Wildman–Crippen LogP) is 1.95. The third kappa shape index (κ3) is 7.66. The maximum absolute atomic E-state index is 9.38. The van der Waals surface area contributed by atoms with E-state index < -0.39 is 0 Å². The number of benzene rings is 1. The number of guanidine groups is 1. The number of aliphatic hydroxyl groups is 1. The highest BCUT2D eigenvalue weighted by atomic mass is 16.5. The highest BCUT2D eigenvalue weighted by Crippen LogP contribution is 2.31. The molecule has 1 aliphatic rings. The van der Waals surface area contributed by atoms with E-state index in [1.54, 1.807) is 7.11 Å². The number of aliphatic hydroxyl groups excluding tert-OH is 1. The summed E-state index contributed by atoms with van der Waals surface area (Å²) in [5.41, 5.74) is 1.08. The highest BCUT2D eigenvalue weighted by Gasteiger charge is 2.34. The molecule has 0 bridgehead atoms. The van der Waals surface area contributed by atoms with E-state index >= 15 is 0 Å². The summed E-state index contributed by atoms with van der Waals surface area (Å²) in [6.45, 7) is 7.09. The van der Waals surface area contributed by atoms with E-state index in [4.69, 9.17) is 19.2 Å². The lowest BCUT2D eigenvalue weighted by Gasteiger charge is -2.27. The molecule has 7 heteroatoms. The quantitative estimate of drug-likeness (QED) is 0.286. The molecule has 1 atom stereocenters. The average Bonchev–Trinajstić information content (AvgIpc) is 3.17. The van der Waals surface area contributed by atoms with Crippen molar-refractivity contribution in [2.75, 3.05) is 53.2 Å². The fraction of sp³-hybridized carbons (Fsp3) is 0.667. The van der Waals surface area contributed by atoms with E-state index in [1.165, 1.54) is 0 Å². The zero-order valence-electron chi connectivity index (χ0n) is 17.2. The van der Waals surface area contributed by atoms with Crippen LogP contribution in [0.4, 0.5) is 0 Å². The molecule has 1 fully saturated rings. The molecule has 0 saturated carbocycles. The Hall–Kier alpha value is -1.83. The summed E-state index contributed by atoms with van der Waals surface area (Å²) in [7, 11) is 1.69. The molecule has 1 aromatic carbocycles. The van der Waals surface area contributed by atoms with Gasteiger partial charge in [0, 0.05) is 51.9 Å². The summed E-state index contributed by atoms with van der Waals surface area (Å²) < 4.78 is 16.4. The van der Waals surface area contributed by atoms with E-state index in [0.29, 0.717) is 26.4 Å². The molecule has 1 aliphatic heterocycles. The lowest BCUT2D eigenvalue weighted by atomic mass is 9.84. The van der Waals surface area contributed by atoms with Crippen LogP contribution in [0.15, 0.2) is 29.3 Å². The Bertz CT molecular complexity index is 589. The van der Waals surface area contributed by atoms with Crippen LogP contribution in [0.1, 0.15) is 31.7 Å². The van der Waals surface area contributed by atoms with Gasteiger partial charge in [-0.15, -0.1) is 0 Å². The van der Waals surface area contributed by atoms with Crippen molar-refractivity contribution in [3.05, 3.63) is 29.8 Å². The van der Waals surface area contributed by atoms with Crippen LogP contribution >= 0.6 is 0 Å². The maximum Gasteiger partial charge on any atom is 0.191 e. The minimum Gasteiger partial charge on any atom is -0.493 e. The Balaban J connectivity index is 1.90. The minimum absolute atomic E-state index is 0.0130. The zero-order chi connectivity index (χ0) is 20.1. The number of nitrogens with zero attached hydrogens (tertiary/aromatic N) is 1. The molecule has 1 heterocycles. The molecule has 1 aromatic rings. The van der Waals surface area contributed by atoms with Crippen LogP contribution in [0, 0.1) is 5.41 Å². The van der Waals surface area contributed by atoms with Gasteiger partial charge in [-0.1, -0.05) is 12.1 Å². The summed E-state index contributed by atoms with van der Waals surface area (Å²) in [6, 6.07) is 8.02. The standard InChI is InChI=1S/C21H35N3O4/c1-3-22-20(24-16-21(8-10-25)9-13-27-17-21)23-15-18-6-4-7-19(14-18)28-12-5-11-26-2/h4,6-7,14,25H,3,5,8-13,15-17H2,1-2H3,(H2,22,23,24). The fourth-order valence-electron chi connectivity index (χ4n) is 3.22. The van der Waals surface area contributed by atoms with Crippen molar-refractivity contribution in [3.63, 3.8) is 0 Å². The Labute approximate surface area is 168 Å². The number of aliphatic imine (C=N–C) groups is 1. The summed E-state index contributed by atoms with van der Waals surface area (Å²) in [5, 5.41) is 16.1. The van der Waals surface area contributed by atoms with Crippen molar-refractivity contribution in [2.45, 2.75) is 32.7 Å². The van der Waals surface area contributed by atoms with Crippen molar-refractivity contribution in [1.82, 2.24) is 10.6 Å². The first-order valence-corrected chi connectivity index (χ1v) is 10.1. The predicted molar refractivity (Wildman–Crippen MR) is 111 cm³/mol. The second-order valence-electron chi connectivity index (χ2n) is 7.17. The first-order valence-electron chi connectivity index (χ1n) is 10.1. The van der Waals surface area contributed by atoms with E-state index in [2.05, 4.69) is 10.6 Å². The fourth-order valence-corrected chi connectivity index (χ4v) is 3.22. The van der Waals surface area contributed by atoms with Crippen LogP contribution in [-0.2, 0) is 16.0 Å².